The quantitative estimate of drug-likeness (QED) is 0.713. The fourth-order valence-electron chi connectivity index (χ4n) is 2.07. The molecule has 0 atom stereocenters. The number of rotatable bonds is 2. The number of halogens is 1. The second kappa shape index (κ2) is 7.88. The van der Waals surface area contributed by atoms with E-state index < -0.39 is 0 Å². The average molecular weight is 192 g/mol. The van der Waals surface area contributed by atoms with Crippen molar-refractivity contribution >= 4 is 12.4 Å². The van der Waals surface area contributed by atoms with Crippen LogP contribution in [0.4, 0.5) is 0 Å². The van der Waals surface area contributed by atoms with Crippen LogP contribution in [0.15, 0.2) is 0 Å². The van der Waals surface area contributed by atoms with Gasteiger partial charge in [-0.1, -0.05) is 44.9 Å². The lowest BCUT2D eigenvalue weighted by Gasteiger charge is -2.18. The monoisotopic (exact) mass is 191 g/mol. The summed E-state index contributed by atoms with van der Waals surface area (Å²) in [6, 6.07) is 0. The highest BCUT2D eigenvalue weighted by Crippen LogP contribution is 2.23. The normalized spacial score (nSPS) is 20.8. The molecular formula is C10H22ClN. The van der Waals surface area contributed by atoms with Crippen molar-refractivity contribution in [3.05, 3.63) is 0 Å². The Morgan fingerprint density at radius 3 is 1.92 bits per heavy atom. The Kier molecular flexibility index (Phi) is 8.04. The molecule has 0 spiro atoms. The molecule has 0 aliphatic heterocycles. The first-order chi connectivity index (χ1) is 5.43. The first-order valence-corrected chi connectivity index (χ1v) is 5.13. The molecule has 1 aliphatic carbocycles. The van der Waals surface area contributed by atoms with E-state index in [1.165, 1.54) is 51.4 Å². The summed E-state index contributed by atoms with van der Waals surface area (Å²) in [5.41, 5.74) is 5.55. The van der Waals surface area contributed by atoms with Gasteiger partial charge in [0.1, 0.15) is 0 Å². The van der Waals surface area contributed by atoms with Gasteiger partial charge < -0.3 is 5.73 Å². The fourth-order valence-corrected chi connectivity index (χ4v) is 2.07. The van der Waals surface area contributed by atoms with Crippen LogP contribution in [0.5, 0.6) is 0 Å². The zero-order chi connectivity index (χ0) is 7.94. The van der Waals surface area contributed by atoms with E-state index in [2.05, 4.69) is 0 Å². The molecule has 0 amide bonds. The number of nitrogens with two attached hydrogens (primary N) is 1. The van der Waals surface area contributed by atoms with Crippen molar-refractivity contribution in [3.8, 4) is 0 Å². The molecule has 12 heavy (non-hydrogen) atoms. The summed E-state index contributed by atoms with van der Waals surface area (Å²) in [6.45, 7) is 0.894. The van der Waals surface area contributed by atoms with Crippen molar-refractivity contribution < 1.29 is 0 Å². The molecule has 74 valence electrons. The van der Waals surface area contributed by atoms with E-state index in [4.69, 9.17) is 5.73 Å². The van der Waals surface area contributed by atoms with Crippen LogP contribution < -0.4 is 5.73 Å². The lowest BCUT2D eigenvalue weighted by molar-refractivity contribution is 0.363. The largest absolute Gasteiger partial charge is 0.330 e. The van der Waals surface area contributed by atoms with Crippen LogP contribution >= 0.6 is 12.4 Å². The molecule has 1 fully saturated rings. The van der Waals surface area contributed by atoms with E-state index in [-0.39, 0.29) is 12.4 Å². The minimum atomic E-state index is 0. The van der Waals surface area contributed by atoms with Crippen molar-refractivity contribution in [2.45, 2.75) is 51.4 Å². The Morgan fingerprint density at radius 2 is 1.42 bits per heavy atom. The molecule has 0 heterocycles. The van der Waals surface area contributed by atoms with Gasteiger partial charge in [0.15, 0.2) is 0 Å². The average Bonchev–Trinajstić information content (AvgIpc) is 1.94. The molecule has 0 saturated heterocycles. The molecule has 2 N–H and O–H groups in total. The smallest absolute Gasteiger partial charge is 0.00746 e. The topological polar surface area (TPSA) is 26.0 Å². The highest BCUT2D eigenvalue weighted by Gasteiger charge is 2.09. The van der Waals surface area contributed by atoms with Gasteiger partial charge in [-0.25, -0.2) is 0 Å². The third-order valence-electron chi connectivity index (χ3n) is 2.80. The van der Waals surface area contributed by atoms with E-state index in [1.54, 1.807) is 0 Å². The lowest BCUT2D eigenvalue weighted by Crippen LogP contribution is -2.10. The molecule has 0 aromatic rings. The Bertz CT molecular complexity index is 87.8. The maximum absolute atomic E-state index is 5.55. The molecule has 0 radical (unpaired) electrons. The third kappa shape index (κ3) is 5.00. The summed E-state index contributed by atoms with van der Waals surface area (Å²) in [5, 5.41) is 0. The highest BCUT2D eigenvalue weighted by molar-refractivity contribution is 5.85. The highest BCUT2D eigenvalue weighted by atomic mass is 35.5. The van der Waals surface area contributed by atoms with Crippen molar-refractivity contribution in [2.24, 2.45) is 11.7 Å². The maximum Gasteiger partial charge on any atom is -0.00746 e. The van der Waals surface area contributed by atoms with Gasteiger partial charge in [0.25, 0.3) is 0 Å². The first-order valence-electron chi connectivity index (χ1n) is 5.13. The lowest BCUT2D eigenvalue weighted by atomic mass is 9.89. The summed E-state index contributed by atoms with van der Waals surface area (Å²) < 4.78 is 0. The van der Waals surface area contributed by atoms with Crippen molar-refractivity contribution in [1.29, 1.82) is 0 Å². The van der Waals surface area contributed by atoms with Gasteiger partial charge >= 0.3 is 0 Å². The van der Waals surface area contributed by atoms with Crippen molar-refractivity contribution in [3.63, 3.8) is 0 Å². The van der Waals surface area contributed by atoms with Crippen LogP contribution in [0.1, 0.15) is 51.4 Å². The molecule has 0 aromatic carbocycles. The second-order valence-corrected chi connectivity index (χ2v) is 3.79. The minimum Gasteiger partial charge on any atom is -0.330 e. The van der Waals surface area contributed by atoms with E-state index in [0.717, 1.165) is 12.5 Å². The van der Waals surface area contributed by atoms with E-state index in [1.807, 2.05) is 0 Å². The third-order valence-corrected chi connectivity index (χ3v) is 2.80. The predicted octanol–water partition coefficient (Wildman–Crippen LogP) is 3.12. The molecule has 1 aliphatic rings. The minimum absolute atomic E-state index is 0. The molecule has 0 aromatic heterocycles. The zero-order valence-electron chi connectivity index (χ0n) is 7.93. The molecule has 1 rings (SSSR count). The van der Waals surface area contributed by atoms with Gasteiger partial charge in [0, 0.05) is 0 Å². The first kappa shape index (κ1) is 12.2. The molecule has 1 nitrogen and oxygen atoms in total. The maximum atomic E-state index is 5.55. The summed E-state index contributed by atoms with van der Waals surface area (Å²) in [7, 11) is 0. The number of hydrogen-bond acceptors (Lipinski definition) is 1. The molecule has 1 saturated carbocycles. The van der Waals surface area contributed by atoms with Crippen LogP contribution in [-0.2, 0) is 0 Å². The standard InChI is InChI=1S/C10H21N.ClH/c11-9-8-10-6-4-2-1-3-5-7-10;/h10H,1-9,11H2;1H. The predicted molar refractivity (Wildman–Crippen MR) is 56.7 cm³/mol. The van der Waals surface area contributed by atoms with Gasteiger partial charge in [0.05, 0.1) is 0 Å². The van der Waals surface area contributed by atoms with Gasteiger partial charge in [-0.3, -0.25) is 0 Å². The molecule has 2 heteroatoms. The van der Waals surface area contributed by atoms with Crippen LogP contribution in [0, 0.1) is 5.92 Å². The second-order valence-electron chi connectivity index (χ2n) is 3.79. The fraction of sp³-hybridized carbons (Fsp3) is 1.00. The van der Waals surface area contributed by atoms with Crippen LogP contribution in [-0.4, -0.2) is 6.54 Å². The SMILES string of the molecule is Cl.NCCC1CCCCCCC1. The Hall–Kier alpha value is 0.250. The summed E-state index contributed by atoms with van der Waals surface area (Å²) in [6.07, 6.45) is 11.4. The zero-order valence-corrected chi connectivity index (χ0v) is 8.74. The van der Waals surface area contributed by atoms with Gasteiger partial charge in [-0.15, -0.1) is 12.4 Å². The summed E-state index contributed by atoms with van der Waals surface area (Å²) >= 11 is 0. The van der Waals surface area contributed by atoms with Crippen LogP contribution in [0.2, 0.25) is 0 Å². The summed E-state index contributed by atoms with van der Waals surface area (Å²) in [4.78, 5) is 0. The van der Waals surface area contributed by atoms with E-state index >= 15 is 0 Å². The molecular weight excluding hydrogens is 170 g/mol. The van der Waals surface area contributed by atoms with Crippen molar-refractivity contribution in [2.75, 3.05) is 6.54 Å². The van der Waals surface area contributed by atoms with E-state index in [9.17, 15) is 0 Å². The van der Waals surface area contributed by atoms with Gasteiger partial charge in [0.2, 0.25) is 0 Å². The van der Waals surface area contributed by atoms with E-state index in [0.29, 0.717) is 0 Å². The molecule has 0 unspecified atom stereocenters. The Labute approximate surface area is 82.5 Å². The van der Waals surface area contributed by atoms with Crippen LogP contribution in [0.25, 0.3) is 0 Å². The van der Waals surface area contributed by atoms with Crippen LogP contribution in [0.3, 0.4) is 0 Å². The van der Waals surface area contributed by atoms with Crippen molar-refractivity contribution in [1.82, 2.24) is 0 Å². The molecule has 0 bridgehead atoms. The Balaban J connectivity index is 0.00000121. The van der Waals surface area contributed by atoms with Gasteiger partial charge in [-0.05, 0) is 18.9 Å². The number of hydrogen-bond donors (Lipinski definition) is 1. The van der Waals surface area contributed by atoms with Gasteiger partial charge in [-0.2, -0.15) is 0 Å². The summed E-state index contributed by atoms with van der Waals surface area (Å²) in [5.74, 6) is 0.959. The Morgan fingerprint density at radius 1 is 0.917 bits per heavy atom.